The summed E-state index contributed by atoms with van der Waals surface area (Å²) >= 11 is 0. The molecule has 0 aliphatic rings. The lowest BCUT2D eigenvalue weighted by molar-refractivity contribution is 0.315. The van der Waals surface area contributed by atoms with Crippen LogP contribution in [-0.4, -0.2) is 28.0 Å². The van der Waals surface area contributed by atoms with E-state index in [4.69, 9.17) is 10.9 Å². The monoisotopic (exact) mass is 270 g/mol. The van der Waals surface area contributed by atoms with E-state index in [1.807, 2.05) is 43.4 Å². The molecule has 0 unspecified atom stereocenters. The Balaban J connectivity index is 2.10. The third-order valence-electron chi connectivity index (χ3n) is 3.04. The van der Waals surface area contributed by atoms with Crippen molar-refractivity contribution in [2.75, 3.05) is 7.05 Å². The summed E-state index contributed by atoms with van der Waals surface area (Å²) in [6.07, 6.45) is 3.57. The van der Waals surface area contributed by atoms with Gasteiger partial charge >= 0.3 is 0 Å². The van der Waals surface area contributed by atoms with Crippen LogP contribution in [0, 0.1) is 0 Å². The highest BCUT2D eigenvalue weighted by molar-refractivity contribution is 5.98. The number of pyridine rings is 1. The standard InChI is InChI=1S/C15H18N4O/c1-19(10-12-6-8-17-9-7-12)11-13-4-2-3-5-14(13)15(16)18-20/h2-9,20H,10-11H2,1H3,(H2,16,18). The maximum atomic E-state index is 8.82. The van der Waals surface area contributed by atoms with Gasteiger partial charge < -0.3 is 10.9 Å². The van der Waals surface area contributed by atoms with Crippen LogP contribution in [0.3, 0.4) is 0 Å². The minimum atomic E-state index is 0.137. The van der Waals surface area contributed by atoms with Crippen molar-refractivity contribution in [2.24, 2.45) is 10.9 Å². The molecule has 5 nitrogen and oxygen atoms in total. The predicted octanol–water partition coefficient (Wildman–Crippen LogP) is 1.81. The molecule has 1 aromatic heterocycles. The second kappa shape index (κ2) is 6.68. The van der Waals surface area contributed by atoms with Gasteiger partial charge in [0.2, 0.25) is 0 Å². The van der Waals surface area contributed by atoms with Crippen molar-refractivity contribution in [2.45, 2.75) is 13.1 Å². The van der Waals surface area contributed by atoms with E-state index in [-0.39, 0.29) is 5.84 Å². The molecule has 2 aromatic rings. The molecule has 0 atom stereocenters. The van der Waals surface area contributed by atoms with Gasteiger partial charge in [0.1, 0.15) is 0 Å². The van der Waals surface area contributed by atoms with Crippen LogP contribution in [0.5, 0.6) is 0 Å². The van der Waals surface area contributed by atoms with E-state index < -0.39 is 0 Å². The minimum absolute atomic E-state index is 0.137. The first-order valence-corrected chi connectivity index (χ1v) is 6.34. The minimum Gasteiger partial charge on any atom is -0.409 e. The topological polar surface area (TPSA) is 74.7 Å². The Kier molecular flexibility index (Phi) is 4.68. The lowest BCUT2D eigenvalue weighted by atomic mass is 10.1. The SMILES string of the molecule is CN(Cc1ccncc1)Cc1ccccc1/C(N)=N/O. The highest BCUT2D eigenvalue weighted by Crippen LogP contribution is 2.12. The average molecular weight is 270 g/mol. The number of oxime groups is 1. The summed E-state index contributed by atoms with van der Waals surface area (Å²) < 4.78 is 0. The molecule has 0 amide bonds. The summed E-state index contributed by atoms with van der Waals surface area (Å²) in [6.45, 7) is 1.53. The molecule has 3 N–H and O–H groups in total. The molecule has 0 spiro atoms. The highest BCUT2D eigenvalue weighted by Gasteiger charge is 2.09. The lowest BCUT2D eigenvalue weighted by Gasteiger charge is -2.18. The van der Waals surface area contributed by atoms with Crippen LogP contribution >= 0.6 is 0 Å². The largest absolute Gasteiger partial charge is 0.409 e. The van der Waals surface area contributed by atoms with E-state index in [1.54, 1.807) is 12.4 Å². The zero-order valence-corrected chi connectivity index (χ0v) is 11.4. The summed E-state index contributed by atoms with van der Waals surface area (Å²) in [5, 5.41) is 11.9. The molecule has 0 saturated heterocycles. The number of amidine groups is 1. The third-order valence-corrected chi connectivity index (χ3v) is 3.04. The van der Waals surface area contributed by atoms with Crippen LogP contribution in [0.2, 0.25) is 0 Å². The first-order chi connectivity index (χ1) is 9.70. The van der Waals surface area contributed by atoms with Crippen LogP contribution in [0.4, 0.5) is 0 Å². The van der Waals surface area contributed by atoms with Gasteiger partial charge in [0.25, 0.3) is 0 Å². The Bertz CT molecular complexity index is 583. The molecule has 1 aromatic carbocycles. The number of nitrogens with zero attached hydrogens (tertiary/aromatic N) is 3. The van der Waals surface area contributed by atoms with E-state index in [9.17, 15) is 0 Å². The van der Waals surface area contributed by atoms with Gasteiger partial charge in [-0.1, -0.05) is 29.4 Å². The van der Waals surface area contributed by atoms with Gasteiger partial charge in [-0.25, -0.2) is 0 Å². The van der Waals surface area contributed by atoms with Gasteiger partial charge in [-0.3, -0.25) is 9.88 Å². The molecule has 2 rings (SSSR count). The molecule has 0 fully saturated rings. The Morgan fingerprint density at radius 1 is 1.20 bits per heavy atom. The molecule has 0 radical (unpaired) electrons. The maximum Gasteiger partial charge on any atom is 0.170 e. The van der Waals surface area contributed by atoms with Crippen molar-refractivity contribution in [1.29, 1.82) is 0 Å². The van der Waals surface area contributed by atoms with Crippen LogP contribution in [0.15, 0.2) is 53.9 Å². The molecule has 20 heavy (non-hydrogen) atoms. The fraction of sp³-hybridized carbons (Fsp3) is 0.200. The molecule has 5 heteroatoms. The van der Waals surface area contributed by atoms with E-state index in [2.05, 4.69) is 15.0 Å². The maximum absolute atomic E-state index is 8.82. The number of benzene rings is 1. The van der Waals surface area contributed by atoms with Crippen LogP contribution in [-0.2, 0) is 13.1 Å². The molecular formula is C15H18N4O. The van der Waals surface area contributed by atoms with Gasteiger partial charge in [0, 0.05) is 31.0 Å². The summed E-state index contributed by atoms with van der Waals surface area (Å²) in [7, 11) is 2.03. The Labute approximate surface area is 118 Å². The van der Waals surface area contributed by atoms with E-state index >= 15 is 0 Å². The second-order valence-corrected chi connectivity index (χ2v) is 4.67. The molecule has 104 valence electrons. The normalized spacial score (nSPS) is 11.8. The summed E-state index contributed by atoms with van der Waals surface area (Å²) in [6, 6.07) is 11.6. The average Bonchev–Trinajstić information content (AvgIpc) is 2.48. The number of aromatic nitrogens is 1. The van der Waals surface area contributed by atoms with Gasteiger partial charge in [-0.05, 0) is 30.3 Å². The van der Waals surface area contributed by atoms with Gasteiger partial charge in [-0.15, -0.1) is 0 Å². The fourth-order valence-corrected chi connectivity index (χ4v) is 2.11. The fourth-order valence-electron chi connectivity index (χ4n) is 2.11. The lowest BCUT2D eigenvalue weighted by Crippen LogP contribution is -2.21. The predicted molar refractivity (Wildman–Crippen MR) is 78.4 cm³/mol. The van der Waals surface area contributed by atoms with Crippen molar-refractivity contribution >= 4 is 5.84 Å². The highest BCUT2D eigenvalue weighted by atomic mass is 16.4. The quantitative estimate of drug-likeness (QED) is 0.376. The Hall–Kier alpha value is -2.40. The smallest absolute Gasteiger partial charge is 0.170 e. The number of rotatable bonds is 5. The van der Waals surface area contributed by atoms with Gasteiger partial charge in [0.05, 0.1) is 0 Å². The van der Waals surface area contributed by atoms with Gasteiger partial charge in [0.15, 0.2) is 5.84 Å². The molecule has 0 saturated carbocycles. The summed E-state index contributed by atoms with van der Waals surface area (Å²) in [4.78, 5) is 6.17. The zero-order chi connectivity index (χ0) is 14.4. The van der Waals surface area contributed by atoms with E-state index in [1.165, 1.54) is 5.56 Å². The van der Waals surface area contributed by atoms with Crippen LogP contribution < -0.4 is 5.73 Å². The summed E-state index contributed by atoms with van der Waals surface area (Å²) in [5.74, 6) is 0.137. The van der Waals surface area contributed by atoms with Crippen molar-refractivity contribution < 1.29 is 5.21 Å². The summed E-state index contributed by atoms with van der Waals surface area (Å²) in [5.41, 5.74) is 8.68. The Morgan fingerprint density at radius 3 is 2.60 bits per heavy atom. The number of nitrogens with two attached hydrogens (primary N) is 1. The molecular weight excluding hydrogens is 252 g/mol. The second-order valence-electron chi connectivity index (χ2n) is 4.67. The first kappa shape index (κ1) is 14.0. The van der Waals surface area contributed by atoms with Crippen LogP contribution in [0.25, 0.3) is 0 Å². The van der Waals surface area contributed by atoms with Crippen molar-refractivity contribution in [3.63, 3.8) is 0 Å². The van der Waals surface area contributed by atoms with Crippen molar-refractivity contribution in [3.8, 4) is 0 Å². The molecule has 1 heterocycles. The van der Waals surface area contributed by atoms with Gasteiger partial charge in [-0.2, -0.15) is 0 Å². The first-order valence-electron chi connectivity index (χ1n) is 6.34. The number of hydrogen-bond donors (Lipinski definition) is 2. The van der Waals surface area contributed by atoms with E-state index in [0.29, 0.717) is 6.54 Å². The molecule has 0 bridgehead atoms. The zero-order valence-electron chi connectivity index (χ0n) is 11.4. The van der Waals surface area contributed by atoms with Crippen molar-refractivity contribution in [3.05, 3.63) is 65.5 Å². The van der Waals surface area contributed by atoms with Crippen molar-refractivity contribution in [1.82, 2.24) is 9.88 Å². The molecule has 0 aliphatic heterocycles. The molecule has 0 aliphatic carbocycles. The van der Waals surface area contributed by atoms with E-state index in [0.717, 1.165) is 17.7 Å². The van der Waals surface area contributed by atoms with Crippen LogP contribution in [0.1, 0.15) is 16.7 Å². The Morgan fingerprint density at radius 2 is 1.90 bits per heavy atom. The third kappa shape index (κ3) is 3.55. The number of hydrogen-bond acceptors (Lipinski definition) is 4.